The van der Waals surface area contributed by atoms with Crippen molar-refractivity contribution in [2.75, 3.05) is 19.7 Å². The number of nitrogens with one attached hydrogen (secondary N) is 1. The third-order valence-corrected chi connectivity index (χ3v) is 6.77. The minimum Gasteiger partial charge on any atom is -0.481 e. The van der Waals surface area contributed by atoms with E-state index in [4.69, 9.17) is 9.84 Å². The number of carbonyl (C=O) groups is 3. The van der Waals surface area contributed by atoms with Crippen molar-refractivity contribution in [3.05, 3.63) is 59.7 Å². The molecule has 2 amide bonds. The fraction of sp³-hybridized carbons (Fsp3) is 0.423. The van der Waals surface area contributed by atoms with Gasteiger partial charge in [0.05, 0.1) is 12.3 Å². The van der Waals surface area contributed by atoms with Gasteiger partial charge in [-0.15, -0.1) is 0 Å². The van der Waals surface area contributed by atoms with Gasteiger partial charge in [0.2, 0.25) is 5.91 Å². The molecule has 2 N–H and O–H groups in total. The number of hydrogen-bond donors (Lipinski definition) is 2. The van der Waals surface area contributed by atoms with Crippen LogP contribution in [0.15, 0.2) is 48.5 Å². The molecule has 0 radical (unpaired) electrons. The van der Waals surface area contributed by atoms with Gasteiger partial charge in [-0.05, 0) is 42.0 Å². The first-order valence-corrected chi connectivity index (χ1v) is 11.6. The summed E-state index contributed by atoms with van der Waals surface area (Å²) in [5.41, 5.74) is 4.64. The fourth-order valence-electron chi connectivity index (χ4n) is 5.11. The maximum Gasteiger partial charge on any atom is 0.407 e. The average Bonchev–Trinajstić information content (AvgIpc) is 3.40. The highest BCUT2D eigenvalue weighted by Crippen LogP contribution is 2.44. The Morgan fingerprint density at radius 1 is 1.03 bits per heavy atom. The van der Waals surface area contributed by atoms with Crippen molar-refractivity contribution in [3.8, 4) is 11.1 Å². The molecule has 0 heterocycles. The quantitative estimate of drug-likeness (QED) is 0.633. The molecule has 1 saturated carbocycles. The van der Waals surface area contributed by atoms with E-state index in [1.54, 1.807) is 4.90 Å². The number of rotatable bonds is 8. The SMILES string of the molecule is CCN(CCC(=O)O)C(=O)C1CCCC1NC(=O)OCC1c2ccccc2-c2ccccc21. The lowest BCUT2D eigenvalue weighted by molar-refractivity contribution is -0.139. The second-order valence-corrected chi connectivity index (χ2v) is 8.68. The molecule has 2 aliphatic rings. The van der Waals surface area contributed by atoms with Crippen LogP contribution in [0.1, 0.15) is 49.7 Å². The van der Waals surface area contributed by atoms with E-state index in [1.165, 1.54) is 11.1 Å². The molecule has 1 fully saturated rings. The summed E-state index contributed by atoms with van der Waals surface area (Å²) in [6.45, 7) is 2.69. The number of ether oxygens (including phenoxy) is 1. The summed E-state index contributed by atoms with van der Waals surface area (Å²) >= 11 is 0. The predicted molar refractivity (Wildman–Crippen MR) is 124 cm³/mol. The van der Waals surface area contributed by atoms with Gasteiger partial charge in [-0.1, -0.05) is 55.0 Å². The maximum atomic E-state index is 13.0. The van der Waals surface area contributed by atoms with Crippen LogP contribution in [-0.4, -0.2) is 53.7 Å². The average molecular weight is 451 g/mol. The molecule has 2 unspecified atom stereocenters. The monoisotopic (exact) mass is 450 g/mol. The third kappa shape index (κ3) is 4.87. The molecule has 7 heteroatoms. The second-order valence-electron chi connectivity index (χ2n) is 8.68. The van der Waals surface area contributed by atoms with Gasteiger partial charge in [0.15, 0.2) is 0 Å². The molecule has 0 aromatic heterocycles. The molecular weight excluding hydrogens is 420 g/mol. The highest BCUT2D eigenvalue weighted by Gasteiger charge is 2.37. The molecule has 7 nitrogen and oxygen atoms in total. The van der Waals surface area contributed by atoms with Crippen LogP contribution in [-0.2, 0) is 14.3 Å². The summed E-state index contributed by atoms with van der Waals surface area (Å²) in [5, 5.41) is 11.8. The van der Waals surface area contributed by atoms with Crippen molar-refractivity contribution >= 4 is 18.0 Å². The Kier molecular flexibility index (Phi) is 6.96. The van der Waals surface area contributed by atoms with E-state index in [0.717, 1.165) is 17.5 Å². The van der Waals surface area contributed by atoms with Gasteiger partial charge in [-0.25, -0.2) is 4.79 Å². The van der Waals surface area contributed by atoms with Gasteiger partial charge in [0.25, 0.3) is 0 Å². The van der Waals surface area contributed by atoms with Crippen molar-refractivity contribution < 1.29 is 24.2 Å². The molecule has 0 aliphatic heterocycles. The van der Waals surface area contributed by atoms with Crippen LogP contribution in [0.2, 0.25) is 0 Å². The summed E-state index contributed by atoms with van der Waals surface area (Å²) in [5.74, 6) is -1.39. The molecule has 174 valence electrons. The highest BCUT2D eigenvalue weighted by molar-refractivity contribution is 5.82. The number of hydrogen-bond acceptors (Lipinski definition) is 4. The van der Waals surface area contributed by atoms with Crippen molar-refractivity contribution in [2.24, 2.45) is 5.92 Å². The zero-order valence-corrected chi connectivity index (χ0v) is 18.8. The van der Waals surface area contributed by atoms with Crippen LogP contribution >= 0.6 is 0 Å². The smallest absolute Gasteiger partial charge is 0.407 e. The minimum atomic E-state index is -0.930. The Balaban J connectivity index is 1.37. The second kappa shape index (κ2) is 10.1. The lowest BCUT2D eigenvalue weighted by Crippen LogP contribution is -2.46. The van der Waals surface area contributed by atoms with Crippen LogP contribution in [0.25, 0.3) is 11.1 Å². The van der Waals surface area contributed by atoms with E-state index >= 15 is 0 Å². The first-order chi connectivity index (χ1) is 16.0. The molecule has 2 atom stereocenters. The zero-order valence-electron chi connectivity index (χ0n) is 18.8. The Hall–Kier alpha value is -3.35. The highest BCUT2D eigenvalue weighted by atomic mass is 16.5. The standard InChI is InChI=1S/C26H30N2O5/c1-2-28(15-14-24(29)30)25(31)21-12-7-13-23(21)27-26(32)33-16-22-19-10-5-3-8-17(19)18-9-4-6-11-20(18)22/h3-6,8-11,21-23H,2,7,12-16H2,1H3,(H,27,32)(H,29,30). The lowest BCUT2D eigenvalue weighted by atomic mass is 9.98. The molecule has 33 heavy (non-hydrogen) atoms. The predicted octanol–water partition coefficient (Wildman–Crippen LogP) is 4.02. The van der Waals surface area contributed by atoms with E-state index in [9.17, 15) is 14.4 Å². The Morgan fingerprint density at radius 2 is 1.67 bits per heavy atom. The van der Waals surface area contributed by atoms with E-state index in [-0.39, 0.29) is 43.4 Å². The summed E-state index contributed by atoms with van der Waals surface area (Å²) in [4.78, 5) is 38.1. The maximum absolute atomic E-state index is 13.0. The molecule has 2 aromatic carbocycles. The molecule has 0 spiro atoms. The van der Waals surface area contributed by atoms with E-state index in [1.807, 2.05) is 31.2 Å². The van der Waals surface area contributed by atoms with E-state index < -0.39 is 12.1 Å². The molecule has 2 aliphatic carbocycles. The van der Waals surface area contributed by atoms with Gasteiger partial charge < -0.3 is 20.1 Å². The number of benzene rings is 2. The molecular formula is C26H30N2O5. The van der Waals surface area contributed by atoms with Crippen LogP contribution < -0.4 is 5.32 Å². The zero-order chi connectivity index (χ0) is 23.4. The summed E-state index contributed by atoms with van der Waals surface area (Å²) in [6, 6.07) is 16.0. The Labute approximate surface area is 193 Å². The van der Waals surface area contributed by atoms with Crippen LogP contribution in [0.4, 0.5) is 4.79 Å². The topological polar surface area (TPSA) is 95.9 Å². The number of nitrogens with zero attached hydrogens (tertiary/aromatic N) is 1. The van der Waals surface area contributed by atoms with Crippen molar-refractivity contribution in [2.45, 2.75) is 44.6 Å². The number of carboxylic acid groups (broad SMARTS) is 1. The minimum absolute atomic E-state index is 0.0178. The van der Waals surface area contributed by atoms with Gasteiger partial charge >= 0.3 is 12.1 Å². The van der Waals surface area contributed by atoms with Crippen LogP contribution in [0, 0.1) is 5.92 Å². The number of amides is 2. The Bertz CT molecular complexity index is 991. The number of carboxylic acids is 1. The number of fused-ring (bicyclic) bond motifs is 3. The van der Waals surface area contributed by atoms with Gasteiger partial charge in [-0.3, -0.25) is 9.59 Å². The first kappa shape index (κ1) is 22.8. The van der Waals surface area contributed by atoms with Crippen LogP contribution in [0.3, 0.4) is 0 Å². The first-order valence-electron chi connectivity index (χ1n) is 11.6. The number of aliphatic carboxylic acids is 1. The van der Waals surface area contributed by atoms with Crippen molar-refractivity contribution in [1.29, 1.82) is 0 Å². The molecule has 4 rings (SSSR count). The summed E-state index contributed by atoms with van der Waals surface area (Å²) in [6.07, 6.45) is 1.61. The summed E-state index contributed by atoms with van der Waals surface area (Å²) < 4.78 is 5.64. The number of alkyl carbamates (subject to hydrolysis) is 1. The molecule has 0 saturated heterocycles. The van der Waals surface area contributed by atoms with Crippen molar-refractivity contribution in [3.63, 3.8) is 0 Å². The van der Waals surface area contributed by atoms with E-state index in [0.29, 0.717) is 19.4 Å². The van der Waals surface area contributed by atoms with Crippen LogP contribution in [0.5, 0.6) is 0 Å². The lowest BCUT2D eigenvalue weighted by Gasteiger charge is -2.27. The molecule has 2 aromatic rings. The normalized spacial score (nSPS) is 18.9. The number of carbonyl (C=O) groups excluding carboxylic acids is 2. The van der Waals surface area contributed by atoms with Gasteiger partial charge in [0.1, 0.15) is 6.61 Å². The largest absolute Gasteiger partial charge is 0.481 e. The van der Waals surface area contributed by atoms with Crippen molar-refractivity contribution in [1.82, 2.24) is 10.2 Å². The van der Waals surface area contributed by atoms with Gasteiger partial charge in [-0.2, -0.15) is 0 Å². The molecule has 0 bridgehead atoms. The van der Waals surface area contributed by atoms with E-state index in [2.05, 4.69) is 29.6 Å². The Morgan fingerprint density at radius 3 is 2.27 bits per heavy atom. The van der Waals surface area contributed by atoms with Gasteiger partial charge in [0, 0.05) is 25.0 Å². The fourth-order valence-corrected chi connectivity index (χ4v) is 5.11. The summed E-state index contributed by atoms with van der Waals surface area (Å²) in [7, 11) is 0. The third-order valence-electron chi connectivity index (χ3n) is 6.77.